The molecule has 1 atom stereocenters. The van der Waals surface area contributed by atoms with Gasteiger partial charge in [0.1, 0.15) is 0 Å². The van der Waals surface area contributed by atoms with Gasteiger partial charge in [-0.05, 0) is 74.8 Å². The van der Waals surface area contributed by atoms with E-state index < -0.39 is 15.9 Å². The molecule has 8 heteroatoms. The number of aromatic amines is 1. The van der Waals surface area contributed by atoms with Crippen molar-refractivity contribution in [1.82, 2.24) is 14.6 Å². The van der Waals surface area contributed by atoms with Crippen molar-refractivity contribution in [1.29, 1.82) is 0 Å². The second-order valence-electron chi connectivity index (χ2n) is 9.03. The summed E-state index contributed by atoms with van der Waals surface area (Å²) >= 11 is 0. The predicted molar refractivity (Wildman–Crippen MR) is 118 cm³/mol. The minimum Gasteiger partial charge on any atom is -0.390 e. The number of aryl methyl sites for hydroxylation is 1. The van der Waals surface area contributed by atoms with Gasteiger partial charge in [-0.2, -0.15) is 13.1 Å². The van der Waals surface area contributed by atoms with Gasteiger partial charge in [0, 0.05) is 36.2 Å². The number of H-pyrrole nitrogens is 1. The molecule has 1 aromatic heterocycles. The molecule has 2 aromatic rings. The molecule has 0 amide bonds. The van der Waals surface area contributed by atoms with E-state index in [0.29, 0.717) is 12.6 Å². The van der Waals surface area contributed by atoms with E-state index in [-0.39, 0.29) is 6.54 Å². The average Bonchev–Trinajstić information content (AvgIpc) is 3.41. The van der Waals surface area contributed by atoms with Gasteiger partial charge in [-0.25, -0.2) is 0 Å². The molecule has 0 bridgehead atoms. The third-order valence-corrected chi connectivity index (χ3v) is 7.45. The number of nitrogens with one attached hydrogen (secondary N) is 2. The van der Waals surface area contributed by atoms with E-state index in [4.69, 9.17) is 4.55 Å². The maximum Gasteiger partial charge on any atom is 0.333 e. The van der Waals surface area contributed by atoms with Crippen molar-refractivity contribution in [2.45, 2.75) is 69.4 Å². The molecule has 2 heterocycles. The maximum atomic E-state index is 10.9. The van der Waals surface area contributed by atoms with Crippen LogP contribution >= 0.6 is 0 Å². The smallest absolute Gasteiger partial charge is 0.333 e. The highest BCUT2D eigenvalue weighted by Gasteiger charge is 2.30. The molecule has 1 aliphatic carbocycles. The summed E-state index contributed by atoms with van der Waals surface area (Å²) in [4.78, 5) is 5.68. The Kier molecular flexibility index (Phi) is 6.50. The lowest BCUT2D eigenvalue weighted by Crippen LogP contribution is -2.38. The number of aliphatic hydroxyl groups is 1. The van der Waals surface area contributed by atoms with E-state index in [1.54, 1.807) is 0 Å². The van der Waals surface area contributed by atoms with Gasteiger partial charge in [-0.1, -0.05) is 18.9 Å². The van der Waals surface area contributed by atoms with Gasteiger partial charge >= 0.3 is 10.3 Å². The maximum absolute atomic E-state index is 10.9. The number of benzene rings is 1. The van der Waals surface area contributed by atoms with Crippen LogP contribution in [0.25, 0.3) is 10.9 Å². The first kappa shape index (κ1) is 21.8. The fourth-order valence-electron chi connectivity index (χ4n) is 5.20. The lowest BCUT2D eigenvalue weighted by atomic mass is 9.92. The fourth-order valence-corrected chi connectivity index (χ4v) is 5.55. The van der Waals surface area contributed by atoms with Crippen LogP contribution in [0, 0.1) is 0 Å². The monoisotopic (exact) mass is 435 g/mol. The average molecular weight is 436 g/mol. The van der Waals surface area contributed by atoms with Gasteiger partial charge in [-0.15, -0.1) is 0 Å². The number of likely N-dealkylation sites (tertiary alicyclic amines) is 1. The van der Waals surface area contributed by atoms with E-state index in [1.807, 2.05) is 0 Å². The van der Waals surface area contributed by atoms with Gasteiger partial charge in [0.05, 0.1) is 5.60 Å². The van der Waals surface area contributed by atoms with Gasteiger partial charge in [0.15, 0.2) is 0 Å². The number of hydrogen-bond acceptors (Lipinski definition) is 4. The summed E-state index contributed by atoms with van der Waals surface area (Å²) in [7, 11) is -4.13. The van der Waals surface area contributed by atoms with E-state index in [2.05, 4.69) is 39.0 Å². The van der Waals surface area contributed by atoms with E-state index in [1.165, 1.54) is 16.5 Å². The molecule has 166 valence electrons. The molecule has 1 saturated heterocycles. The zero-order valence-corrected chi connectivity index (χ0v) is 18.3. The molecule has 0 radical (unpaired) electrons. The first-order chi connectivity index (χ1) is 14.3. The summed E-state index contributed by atoms with van der Waals surface area (Å²) in [6, 6.07) is 6.92. The molecular formula is C22H33N3O4S. The molecule has 1 aliphatic heterocycles. The van der Waals surface area contributed by atoms with Crippen molar-refractivity contribution >= 4 is 21.2 Å². The molecular weight excluding hydrogens is 402 g/mol. The van der Waals surface area contributed by atoms with Gasteiger partial charge < -0.3 is 10.1 Å². The molecule has 2 aliphatic rings. The highest BCUT2D eigenvalue weighted by molar-refractivity contribution is 7.83. The molecule has 0 unspecified atom stereocenters. The van der Waals surface area contributed by atoms with Crippen LogP contribution in [0.4, 0.5) is 0 Å². The molecule has 1 aromatic carbocycles. The second kappa shape index (κ2) is 8.96. The van der Waals surface area contributed by atoms with E-state index in [0.717, 1.165) is 69.8 Å². The third kappa shape index (κ3) is 5.42. The highest BCUT2D eigenvalue weighted by Crippen LogP contribution is 2.34. The molecule has 4 N–H and O–H groups in total. The Labute approximate surface area is 178 Å². The molecule has 0 spiro atoms. The Hall–Kier alpha value is -1.45. The summed E-state index contributed by atoms with van der Waals surface area (Å²) in [6.07, 6.45) is 11.0. The van der Waals surface area contributed by atoms with Crippen LogP contribution in [-0.4, -0.2) is 59.2 Å². The topological polar surface area (TPSA) is 106 Å². The van der Waals surface area contributed by atoms with Crippen LogP contribution in [0.3, 0.4) is 0 Å². The number of aromatic nitrogens is 1. The Morgan fingerprint density at radius 2 is 2.03 bits per heavy atom. The number of rotatable bonds is 9. The Morgan fingerprint density at radius 1 is 1.23 bits per heavy atom. The van der Waals surface area contributed by atoms with Crippen LogP contribution in [-0.2, 0) is 23.1 Å². The largest absolute Gasteiger partial charge is 0.390 e. The Balaban J connectivity index is 1.41. The molecule has 1 saturated carbocycles. The quantitative estimate of drug-likeness (QED) is 0.453. The molecule has 2 fully saturated rings. The van der Waals surface area contributed by atoms with E-state index >= 15 is 0 Å². The number of hydrogen-bond donors (Lipinski definition) is 4. The fraction of sp³-hybridized carbons (Fsp3) is 0.636. The van der Waals surface area contributed by atoms with Crippen molar-refractivity contribution < 1.29 is 18.1 Å². The summed E-state index contributed by atoms with van der Waals surface area (Å²) in [5, 5.41) is 11.9. The second-order valence-corrected chi connectivity index (χ2v) is 10.3. The normalized spacial score (nSPS) is 22.3. The zero-order valence-electron chi connectivity index (χ0n) is 17.4. The number of fused-ring (bicyclic) bond motifs is 1. The van der Waals surface area contributed by atoms with Crippen LogP contribution < -0.4 is 4.72 Å². The van der Waals surface area contributed by atoms with Crippen molar-refractivity contribution in [3.8, 4) is 0 Å². The lowest BCUT2D eigenvalue weighted by Gasteiger charge is -2.24. The summed E-state index contributed by atoms with van der Waals surface area (Å²) in [6.45, 7) is 1.76. The zero-order chi connectivity index (χ0) is 21.2. The van der Waals surface area contributed by atoms with Crippen LogP contribution in [0.2, 0.25) is 0 Å². The highest BCUT2D eigenvalue weighted by atomic mass is 32.2. The predicted octanol–water partition coefficient (Wildman–Crippen LogP) is 2.80. The lowest BCUT2D eigenvalue weighted by molar-refractivity contribution is 0.0391. The molecule has 4 rings (SSSR count). The first-order valence-corrected chi connectivity index (χ1v) is 12.5. The van der Waals surface area contributed by atoms with Crippen molar-refractivity contribution in [2.75, 3.05) is 19.6 Å². The summed E-state index contributed by atoms with van der Waals surface area (Å²) in [5.74, 6) is 0. The summed E-state index contributed by atoms with van der Waals surface area (Å²) in [5.41, 5.74) is 3.21. The third-order valence-electron chi connectivity index (χ3n) is 6.88. The SMILES string of the molecule is O=S(=O)(O)NCCN1CCC[C@@H]1Cc1c[nH]c2ccc(CCC3(O)CCCC3)cc12. The van der Waals surface area contributed by atoms with Gasteiger partial charge in [0.25, 0.3) is 0 Å². The number of nitrogens with zero attached hydrogens (tertiary/aromatic N) is 1. The first-order valence-electron chi connectivity index (χ1n) is 11.1. The standard InChI is InChI=1S/C22H33N3O4S/c26-22(8-1-2-9-22)10-7-17-5-6-21-20(14-17)18(16-23-21)15-19-4-3-12-25(19)13-11-24-30(27,28)29/h5-6,14,16,19,23-24,26H,1-4,7-13,15H2,(H,27,28,29)/t19-/m1/s1. The van der Waals surface area contributed by atoms with E-state index in [9.17, 15) is 13.5 Å². The molecule has 7 nitrogen and oxygen atoms in total. The minimum atomic E-state index is -4.13. The van der Waals surface area contributed by atoms with Crippen LogP contribution in [0.5, 0.6) is 0 Å². The Bertz CT molecular complexity index is 966. The molecule has 30 heavy (non-hydrogen) atoms. The van der Waals surface area contributed by atoms with Crippen molar-refractivity contribution in [2.24, 2.45) is 0 Å². The van der Waals surface area contributed by atoms with Gasteiger partial charge in [-0.3, -0.25) is 9.45 Å². The van der Waals surface area contributed by atoms with Crippen LogP contribution in [0.15, 0.2) is 24.4 Å². The van der Waals surface area contributed by atoms with Crippen LogP contribution in [0.1, 0.15) is 56.1 Å². The van der Waals surface area contributed by atoms with Crippen molar-refractivity contribution in [3.63, 3.8) is 0 Å². The summed E-state index contributed by atoms with van der Waals surface area (Å²) < 4.78 is 32.8. The van der Waals surface area contributed by atoms with Gasteiger partial charge in [0.2, 0.25) is 0 Å². The van der Waals surface area contributed by atoms with Crippen molar-refractivity contribution in [3.05, 3.63) is 35.5 Å². The minimum absolute atomic E-state index is 0.219. The Morgan fingerprint density at radius 3 is 2.80 bits per heavy atom.